The van der Waals surface area contributed by atoms with Crippen LogP contribution < -0.4 is 0 Å². The van der Waals surface area contributed by atoms with Crippen molar-refractivity contribution in [3.05, 3.63) is 35.4 Å². The summed E-state index contributed by atoms with van der Waals surface area (Å²) in [7, 11) is 0. The molecule has 1 atom stereocenters. The van der Waals surface area contributed by atoms with Gasteiger partial charge in [-0.05, 0) is 24.0 Å². The van der Waals surface area contributed by atoms with Crippen molar-refractivity contribution in [3.8, 4) is 0 Å². The molecule has 12 heavy (non-hydrogen) atoms. The van der Waals surface area contributed by atoms with Crippen molar-refractivity contribution < 1.29 is 5.11 Å². The number of benzene rings is 1. The summed E-state index contributed by atoms with van der Waals surface area (Å²) in [5, 5.41) is 9.25. The van der Waals surface area contributed by atoms with Crippen LogP contribution in [0.1, 0.15) is 43.9 Å². The Labute approximate surface area is 74.1 Å². The molecule has 0 aliphatic heterocycles. The van der Waals surface area contributed by atoms with Crippen LogP contribution in [0.3, 0.4) is 0 Å². The molecule has 66 valence electrons. The van der Waals surface area contributed by atoms with Crippen molar-refractivity contribution in [2.75, 3.05) is 0 Å². The van der Waals surface area contributed by atoms with Crippen LogP contribution in [0.25, 0.3) is 0 Å². The minimum Gasteiger partial charge on any atom is -0.389 e. The quantitative estimate of drug-likeness (QED) is 0.712. The lowest BCUT2D eigenvalue weighted by molar-refractivity contribution is 0.199. The third kappa shape index (κ3) is 2.08. The number of rotatable bonds is 2. The second-order valence-electron chi connectivity index (χ2n) is 3.50. The molecular formula is C11H16O. The van der Waals surface area contributed by atoms with Crippen molar-refractivity contribution in [1.82, 2.24) is 0 Å². The highest BCUT2D eigenvalue weighted by molar-refractivity contribution is 5.25. The van der Waals surface area contributed by atoms with E-state index in [1.54, 1.807) is 6.92 Å². The van der Waals surface area contributed by atoms with Crippen molar-refractivity contribution >= 4 is 0 Å². The molecule has 0 spiro atoms. The van der Waals surface area contributed by atoms with E-state index in [1.165, 1.54) is 5.56 Å². The Bertz CT molecular complexity index is 207. The average Bonchev–Trinajstić information content (AvgIpc) is 2.04. The van der Waals surface area contributed by atoms with E-state index in [4.69, 9.17) is 0 Å². The van der Waals surface area contributed by atoms with E-state index in [0.29, 0.717) is 5.92 Å². The summed E-state index contributed by atoms with van der Waals surface area (Å²) in [6.07, 6.45) is -0.355. The molecule has 0 bridgehead atoms. The van der Waals surface area contributed by atoms with Gasteiger partial charge < -0.3 is 5.11 Å². The van der Waals surface area contributed by atoms with Gasteiger partial charge in [0.1, 0.15) is 0 Å². The average molecular weight is 164 g/mol. The molecule has 0 amide bonds. The van der Waals surface area contributed by atoms with E-state index >= 15 is 0 Å². The van der Waals surface area contributed by atoms with Crippen LogP contribution in [0.4, 0.5) is 0 Å². The molecule has 0 aromatic heterocycles. The lowest BCUT2D eigenvalue weighted by Gasteiger charge is -2.08. The fourth-order valence-corrected chi connectivity index (χ4v) is 1.16. The van der Waals surface area contributed by atoms with Gasteiger partial charge in [-0.25, -0.2) is 0 Å². The van der Waals surface area contributed by atoms with Gasteiger partial charge in [0.15, 0.2) is 0 Å². The van der Waals surface area contributed by atoms with Crippen molar-refractivity contribution in [2.24, 2.45) is 0 Å². The third-order valence-corrected chi connectivity index (χ3v) is 2.09. The first kappa shape index (κ1) is 9.27. The summed E-state index contributed by atoms with van der Waals surface area (Å²) in [4.78, 5) is 0. The molecular weight excluding hydrogens is 148 g/mol. The van der Waals surface area contributed by atoms with E-state index in [-0.39, 0.29) is 6.10 Å². The Hall–Kier alpha value is -0.820. The zero-order valence-electron chi connectivity index (χ0n) is 7.91. The molecule has 0 saturated heterocycles. The highest BCUT2D eigenvalue weighted by atomic mass is 16.3. The van der Waals surface area contributed by atoms with Gasteiger partial charge in [0.2, 0.25) is 0 Å². The topological polar surface area (TPSA) is 20.2 Å². The van der Waals surface area contributed by atoms with Crippen LogP contribution in [0.2, 0.25) is 0 Å². The highest BCUT2D eigenvalue weighted by Crippen LogP contribution is 2.17. The lowest BCUT2D eigenvalue weighted by Crippen LogP contribution is -1.92. The van der Waals surface area contributed by atoms with Crippen molar-refractivity contribution in [1.29, 1.82) is 0 Å². The molecule has 0 heterocycles. The van der Waals surface area contributed by atoms with Gasteiger partial charge in [0, 0.05) is 0 Å². The summed E-state index contributed by atoms with van der Waals surface area (Å²) in [6, 6.07) is 8.12. The standard InChI is InChI=1S/C11H16O/c1-8(2)10-4-6-11(7-5-10)9(3)12/h4-9,12H,1-3H3/t9-/m1/s1. The monoisotopic (exact) mass is 164 g/mol. The molecule has 1 N–H and O–H groups in total. The molecule has 0 saturated carbocycles. The van der Waals surface area contributed by atoms with E-state index in [1.807, 2.05) is 12.1 Å². The molecule has 0 unspecified atom stereocenters. The van der Waals surface area contributed by atoms with Crippen LogP contribution in [0.15, 0.2) is 24.3 Å². The molecule has 1 nitrogen and oxygen atoms in total. The molecule has 1 aromatic rings. The van der Waals surface area contributed by atoms with E-state index in [9.17, 15) is 5.11 Å². The summed E-state index contributed by atoms with van der Waals surface area (Å²) in [6.45, 7) is 6.11. The predicted molar refractivity (Wildman–Crippen MR) is 51.2 cm³/mol. The van der Waals surface area contributed by atoms with E-state index in [0.717, 1.165) is 5.56 Å². The maximum absolute atomic E-state index is 9.25. The Balaban J connectivity index is 2.86. The zero-order valence-corrected chi connectivity index (χ0v) is 7.91. The largest absolute Gasteiger partial charge is 0.389 e. The third-order valence-electron chi connectivity index (χ3n) is 2.09. The number of hydrogen-bond donors (Lipinski definition) is 1. The van der Waals surface area contributed by atoms with Gasteiger partial charge >= 0.3 is 0 Å². The summed E-state index contributed by atoms with van der Waals surface area (Å²) >= 11 is 0. The Morgan fingerprint density at radius 1 is 0.917 bits per heavy atom. The van der Waals surface area contributed by atoms with Crippen LogP contribution in [0, 0.1) is 0 Å². The van der Waals surface area contributed by atoms with Gasteiger partial charge in [0.05, 0.1) is 6.10 Å². The van der Waals surface area contributed by atoms with Gasteiger partial charge in [-0.15, -0.1) is 0 Å². The maximum atomic E-state index is 9.25. The fraction of sp³-hybridized carbons (Fsp3) is 0.455. The highest BCUT2D eigenvalue weighted by Gasteiger charge is 2.01. The molecule has 0 aliphatic carbocycles. The number of aliphatic hydroxyl groups excluding tert-OH is 1. The second-order valence-corrected chi connectivity index (χ2v) is 3.50. The minimum atomic E-state index is -0.355. The first-order chi connectivity index (χ1) is 5.61. The zero-order chi connectivity index (χ0) is 9.14. The molecule has 0 fully saturated rings. The first-order valence-corrected chi connectivity index (χ1v) is 4.39. The van der Waals surface area contributed by atoms with Gasteiger partial charge in [-0.1, -0.05) is 38.1 Å². The van der Waals surface area contributed by atoms with Crippen LogP contribution >= 0.6 is 0 Å². The summed E-state index contributed by atoms with van der Waals surface area (Å²) < 4.78 is 0. The normalized spacial score (nSPS) is 13.4. The van der Waals surface area contributed by atoms with Crippen LogP contribution in [-0.4, -0.2) is 5.11 Å². The van der Waals surface area contributed by atoms with E-state index in [2.05, 4.69) is 26.0 Å². The van der Waals surface area contributed by atoms with Gasteiger partial charge in [-0.2, -0.15) is 0 Å². The molecule has 0 radical (unpaired) electrons. The first-order valence-electron chi connectivity index (χ1n) is 4.39. The lowest BCUT2D eigenvalue weighted by atomic mass is 10.0. The maximum Gasteiger partial charge on any atom is 0.0761 e. The Kier molecular flexibility index (Phi) is 2.88. The van der Waals surface area contributed by atoms with Crippen LogP contribution in [-0.2, 0) is 0 Å². The molecule has 1 aromatic carbocycles. The molecule has 0 aliphatic rings. The number of aliphatic hydroxyl groups is 1. The Morgan fingerprint density at radius 3 is 1.67 bits per heavy atom. The molecule has 1 heteroatoms. The summed E-state index contributed by atoms with van der Waals surface area (Å²) in [5.41, 5.74) is 2.30. The Morgan fingerprint density at radius 2 is 1.33 bits per heavy atom. The number of hydrogen-bond acceptors (Lipinski definition) is 1. The second kappa shape index (κ2) is 3.72. The smallest absolute Gasteiger partial charge is 0.0761 e. The van der Waals surface area contributed by atoms with Crippen LogP contribution in [0.5, 0.6) is 0 Å². The SMILES string of the molecule is CC(C)c1ccc([C@@H](C)O)cc1. The molecule has 1 rings (SSSR count). The predicted octanol–water partition coefficient (Wildman–Crippen LogP) is 2.86. The van der Waals surface area contributed by atoms with Crippen molar-refractivity contribution in [3.63, 3.8) is 0 Å². The summed E-state index contributed by atoms with van der Waals surface area (Å²) in [5.74, 6) is 0.563. The fourth-order valence-electron chi connectivity index (χ4n) is 1.16. The van der Waals surface area contributed by atoms with Crippen molar-refractivity contribution in [2.45, 2.75) is 32.8 Å². The van der Waals surface area contributed by atoms with Gasteiger partial charge in [0.25, 0.3) is 0 Å². The minimum absolute atomic E-state index is 0.355. The van der Waals surface area contributed by atoms with E-state index < -0.39 is 0 Å². The van der Waals surface area contributed by atoms with Gasteiger partial charge in [-0.3, -0.25) is 0 Å².